The molecule has 1 N–H and O–H groups in total. The molecule has 1 aliphatic heterocycles. The molecule has 6 heteroatoms. The van der Waals surface area contributed by atoms with Crippen molar-refractivity contribution in [3.63, 3.8) is 0 Å². The van der Waals surface area contributed by atoms with Gasteiger partial charge in [-0.1, -0.05) is 23.7 Å². The molecule has 1 aromatic carbocycles. The number of nitrogens with zero attached hydrogens (tertiary/aromatic N) is 2. The highest BCUT2D eigenvalue weighted by molar-refractivity contribution is 7.16. The average molecular weight is 386 g/mol. The van der Waals surface area contributed by atoms with Crippen LogP contribution in [0.3, 0.4) is 0 Å². The van der Waals surface area contributed by atoms with Gasteiger partial charge in [0.1, 0.15) is 11.1 Å². The van der Waals surface area contributed by atoms with Crippen molar-refractivity contribution in [2.75, 3.05) is 18.4 Å². The van der Waals surface area contributed by atoms with Crippen molar-refractivity contribution in [3.8, 4) is 6.07 Å². The number of benzene rings is 1. The van der Waals surface area contributed by atoms with E-state index in [1.54, 1.807) is 11.3 Å². The van der Waals surface area contributed by atoms with Crippen LogP contribution in [0.2, 0.25) is 5.02 Å². The van der Waals surface area contributed by atoms with Crippen molar-refractivity contribution in [2.45, 2.75) is 38.1 Å². The van der Waals surface area contributed by atoms with E-state index in [0.29, 0.717) is 18.0 Å². The molecular weight excluding hydrogens is 366 g/mol. The number of fused-ring (bicyclic) bond motifs is 1. The number of hydrogen-bond acceptors (Lipinski definition) is 4. The third-order valence-corrected chi connectivity index (χ3v) is 6.76. The maximum absolute atomic E-state index is 12.4. The monoisotopic (exact) mass is 385 g/mol. The first-order valence-electron chi connectivity index (χ1n) is 8.99. The Bertz CT molecular complexity index is 868. The normalized spacial score (nSPS) is 18.8. The fraction of sp³-hybridized carbons (Fsp3) is 0.400. The van der Waals surface area contributed by atoms with Gasteiger partial charge in [0.2, 0.25) is 5.91 Å². The SMILES string of the molecule is N#Cc1c(NC(=O)CCN2CC[C@@H]2c2ccc(Cl)cc2)sc2c1CCC2. The zero-order chi connectivity index (χ0) is 18.1. The molecule has 1 aliphatic carbocycles. The first kappa shape index (κ1) is 17.5. The summed E-state index contributed by atoms with van der Waals surface area (Å²) in [6.07, 6.45) is 4.66. The van der Waals surface area contributed by atoms with Gasteiger partial charge in [-0.15, -0.1) is 11.3 Å². The Kier molecular flexibility index (Phi) is 4.99. The van der Waals surface area contributed by atoms with E-state index >= 15 is 0 Å². The van der Waals surface area contributed by atoms with Crippen LogP contribution in [0.25, 0.3) is 0 Å². The average Bonchev–Trinajstić information content (AvgIpc) is 3.16. The van der Waals surface area contributed by atoms with Gasteiger partial charge >= 0.3 is 0 Å². The summed E-state index contributed by atoms with van der Waals surface area (Å²) in [5, 5.41) is 13.9. The van der Waals surface area contributed by atoms with Crippen molar-refractivity contribution in [2.24, 2.45) is 0 Å². The standard InChI is InChI=1S/C20H20ClN3OS/c21-14-6-4-13(5-7-14)17-8-10-24(17)11-9-19(25)23-20-16(12-22)15-2-1-3-18(15)26-20/h4-7,17H,1-3,8-11H2,(H,23,25)/t17-/m1/s1. The lowest BCUT2D eigenvalue weighted by Gasteiger charge is -2.41. The summed E-state index contributed by atoms with van der Waals surface area (Å²) in [6, 6.07) is 10.6. The highest BCUT2D eigenvalue weighted by Gasteiger charge is 2.29. The van der Waals surface area contributed by atoms with E-state index in [-0.39, 0.29) is 5.91 Å². The van der Waals surface area contributed by atoms with Crippen molar-refractivity contribution in [3.05, 3.63) is 50.9 Å². The van der Waals surface area contributed by atoms with Gasteiger partial charge < -0.3 is 5.32 Å². The molecule has 1 saturated heterocycles. The molecule has 2 aliphatic rings. The third kappa shape index (κ3) is 3.37. The van der Waals surface area contributed by atoms with Crippen LogP contribution >= 0.6 is 22.9 Å². The molecule has 1 atom stereocenters. The lowest BCUT2D eigenvalue weighted by atomic mass is 9.94. The summed E-state index contributed by atoms with van der Waals surface area (Å²) in [5.74, 6) is -0.0109. The van der Waals surface area contributed by atoms with Gasteiger partial charge in [0.25, 0.3) is 0 Å². The van der Waals surface area contributed by atoms with Gasteiger partial charge in [-0.25, -0.2) is 0 Å². The van der Waals surface area contributed by atoms with Crippen LogP contribution in [0.5, 0.6) is 0 Å². The quantitative estimate of drug-likeness (QED) is 0.822. The lowest BCUT2D eigenvalue weighted by molar-refractivity contribution is -0.117. The Morgan fingerprint density at radius 1 is 1.35 bits per heavy atom. The molecule has 26 heavy (non-hydrogen) atoms. The van der Waals surface area contributed by atoms with E-state index in [2.05, 4.69) is 28.4 Å². The molecule has 1 amide bonds. The minimum absolute atomic E-state index is 0.0109. The minimum Gasteiger partial charge on any atom is -0.317 e. The molecule has 1 aromatic heterocycles. The number of aryl methyl sites for hydroxylation is 1. The second-order valence-corrected chi connectivity index (χ2v) is 8.41. The Labute approximate surface area is 162 Å². The highest BCUT2D eigenvalue weighted by atomic mass is 35.5. The third-order valence-electron chi connectivity index (χ3n) is 5.30. The molecule has 0 radical (unpaired) electrons. The zero-order valence-corrected chi connectivity index (χ0v) is 16.0. The maximum atomic E-state index is 12.4. The maximum Gasteiger partial charge on any atom is 0.226 e. The number of nitrogens with one attached hydrogen (secondary N) is 1. The Hall–Kier alpha value is -1.87. The first-order valence-corrected chi connectivity index (χ1v) is 10.2. The molecule has 0 unspecified atom stereocenters. The van der Waals surface area contributed by atoms with Crippen molar-refractivity contribution < 1.29 is 4.79 Å². The summed E-state index contributed by atoms with van der Waals surface area (Å²) in [4.78, 5) is 16.0. The van der Waals surface area contributed by atoms with E-state index in [1.165, 1.54) is 10.4 Å². The molecule has 2 aromatic rings. The Balaban J connectivity index is 1.33. The Morgan fingerprint density at radius 3 is 2.85 bits per heavy atom. The summed E-state index contributed by atoms with van der Waals surface area (Å²) in [5.41, 5.74) is 3.08. The molecule has 0 saturated carbocycles. The highest BCUT2D eigenvalue weighted by Crippen LogP contribution is 2.39. The van der Waals surface area contributed by atoms with E-state index in [4.69, 9.17) is 11.6 Å². The van der Waals surface area contributed by atoms with Crippen LogP contribution in [-0.4, -0.2) is 23.9 Å². The van der Waals surface area contributed by atoms with Crippen LogP contribution in [0, 0.1) is 11.3 Å². The number of hydrogen-bond donors (Lipinski definition) is 1. The molecule has 4 nitrogen and oxygen atoms in total. The Morgan fingerprint density at radius 2 is 2.15 bits per heavy atom. The van der Waals surface area contributed by atoms with E-state index < -0.39 is 0 Å². The van der Waals surface area contributed by atoms with E-state index in [0.717, 1.165) is 54.4 Å². The van der Waals surface area contributed by atoms with Gasteiger partial charge in [-0.2, -0.15) is 5.26 Å². The van der Waals surface area contributed by atoms with Crippen LogP contribution < -0.4 is 5.32 Å². The molecular formula is C20H20ClN3OS. The zero-order valence-electron chi connectivity index (χ0n) is 14.4. The number of anilines is 1. The van der Waals surface area contributed by atoms with Crippen LogP contribution in [0.15, 0.2) is 24.3 Å². The second-order valence-electron chi connectivity index (χ2n) is 6.86. The number of thiophene rings is 1. The minimum atomic E-state index is -0.0109. The van der Waals surface area contributed by atoms with Crippen molar-refractivity contribution in [1.82, 2.24) is 4.90 Å². The number of amides is 1. The van der Waals surface area contributed by atoms with E-state index in [1.807, 2.05) is 12.1 Å². The molecule has 2 heterocycles. The van der Waals surface area contributed by atoms with Gasteiger partial charge in [0, 0.05) is 35.5 Å². The van der Waals surface area contributed by atoms with Crippen LogP contribution in [0.4, 0.5) is 5.00 Å². The number of halogens is 1. The lowest BCUT2D eigenvalue weighted by Crippen LogP contribution is -2.42. The smallest absolute Gasteiger partial charge is 0.226 e. The molecule has 0 bridgehead atoms. The molecule has 4 rings (SSSR count). The van der Waals surface area contributed by atoms with E-state index in [9.17, 15) is 10.1 Å². The van der Waals surface area contributed by atoms with Gasteiger partial charge in [0.15, 0.2) is 0 Å². The second kappa shape index (κ2) is 7.40. The number of rotatable bonds is 5. The first-order chi connectivity index (χ1) is 12.7. The van der Waals surface area contributed by atoms with Crippen LogP contribution in [-0.2, 0) is 17.6 Å². The number of carbonyl (C=O) groups is 1. The van der Waals surface area contributed by atoms with Crippen molar-refractivity contribution >= 4 is 33.8 Å². The number of likely N-dealkylation sites (tertiary alicyclic amines) is 1. The number of nitriles is 1. The van der Waals surface area contributed by atoms with Gasteiger partial charge in [-0.05, 0) is 48.9 Å². The largest absolute Gasteiger partial charge is 0.317 e. The summed E-state index contributed by atoms with van der Waals surface area (Å²) in [7, 11) is 0. The summed E-state index contributed by atoms with van der Waals surface area (Å²) < 4.78 is 0. The van der Waals surface area contributed by atoms with Crippen molar-refractivity contribution in [1.29, 1.82) is 5.26 Å². The number of carbonyl (C=O) groups excluding carboxylic acids is 1. The molecule has 134 valence electrons. The summed E-state index contributed by atoms with van der Waals surface area (Å²) >= 11 is 7.53. The topological polar surface area (TPSA) is 56.1 Å². The predicted molar refractivity (Wildman–Crippen MR) is 105 cm³/mol. The van der Waals surface area contributed by atoms with Gasteiger partial charge in [0.05, 0.1) is 5.56 Å². The fourth-order valence-electron chi connectivity index (χ4n) is 3.82. The van der Waals surface area contributed by atoms with Crippen LogP contribution in [0.1, 0.15) is 46.9 Å². The predicted octanol–water partition coefficient (Wildman–Crippen LogP) is 4.54. The van der Waals surface area contributed by atoms with Gasteiger partial charge in [-0.3, -0.25) is 9.69 Å². The molecule has 0 spiro atoms. The fourth-order valence-corrected chi connectivity index (χ4v) is 5.20. The molecule has 1 fully saturated rings. The summed E-state index contributed by atoms with van der Waals surface area (Å²) in [6.45, 7) is 1.74.